The average molecular weight is 217 g/mol. The molecule has 0 bridgehead atoms. The van der Waals surface area contributed by atoms with Crippen LogP contribution in [0.25, 0.3) is 11.1 Å². The van der Waals surface area contributed by atoms with Crippen LogP contribution in [0.4, 0.5) is 0 Å². The van der Waals surface area contributed by atoms with Crippen molar-refractivity contribution in [3.63, 3.8) is 0 Å². The van der Waals surface area contributed by atoms with E-state index in [2.05, 4.69) is 9.97 Å². The van der Waals surface area contributed by atoms with E-state index < -0.39 is 0 Å². The summed E-state index contributed by atoms with van der Waals surface area (Å²) in [5.41, 5.74) is 0.695. The van der Waals surface area contributed by atoms with Gasteiger partial charge in [0.15, 0.2) is 22.8 Å². The summed E-state index contributed by atoms with van der Waals surface area (Å²) in [5.74, 6) is 0.147. The Morgan fingerprint density at radius 3 is 2.85 bits per heavy atom. The number of aldehydes is 1. The molecule has 66 valence electrons. The van der Waals surface area contributed by atoms with Crippen molar-refractivity contribution < 1.29 is 9.21 Å². The van der Waals surface area contributed by atoms with E-state index in [1.165, 1.54) is 6.07 Å². The minimum absolute atomic E-state index is 0.0238. The molecule has 0 aromatic carbocycles. The molecular weight excluding hydrogens is 215 g/mol. The smallest absolute Gasteiger partial charge is 0.224 e. The first-order chi connectivity index (χ1) is 6.20. The van der Waals surface area contributed by atoms with Crippen molar-refractivity contribution in [2.75, 3.05) is 0 Å². The monoisotopic (exact) mass is 216 g/mol. The zero-order valence-corrected chi connectivity index (χ0v) is 7.63. The predicted molar refractivity (Wildman–Crippen MR) is 47.2 cm³/mol. The molecule has 0 unspecified atom stereocenters. The molecular formula is C7H2Cl2N2O2. The number of hydrogen-bond donors (Lipinski definition) is 0. The van der Waals surface area contributed by atoms with E-state index in [1.807, 2.05) is 0 Å². The number of hydrogen-bond acceptors (Lipinski definition) is 4. The number of aromatic nitrogens is 2. The lowest BCUT2D eigenvalue weighted by Gasteiger charge is -1.90. The Balaban J connectivity index is 2.82. The van der Waals surface area contributed by atoms with Crippen molar-refractivity contribution in [2.45, 2.75) is 0 Å². The number of furan rings is 1. The Labute approximate surface area is 82.5 Å². The third-order valence-corrected chi connectivity index (χ3v) is 1.86. The van der Waals surface area contributed by atoms with Crippen LogP contribution in [0.3, 0.4) is 0 Å². The lowest BCUT2D eigenvalue weighted by molar-refractivity contribution is 0.110. The zero-order valence-electron chi connectivity index (χ0n) is 6.12. The van der Waals surface area contributed by atoms with E-state index in [9.17, 15) is 4.79 Å². The Kier molecular flexibility index (Phi) is 1.94. The first kappa shape index (κ1) is 8.47. The molecule has 0 aliphatic heterocycles. The Hall–Kier alpha value is -1.13. The lowest BCUT2D eigenvalue weighted by atomic mass is 10.4. The lowest BCUT2D eigenvalue weighted by Crippen LogP contribution is -1.82. The van der Waals surface area contributed by atoms with Crippen molar-refractivity contribution in [1.82, 2.24) is 9.97 Å². The summed E-state index contributed by atoms with van der Waals surface area (Å²) in [5, 5.41) is 0.124. The highest BCUT2D eigenvalue weighted by Crippen LogP contribution is 2.24. The van der Waals surface area contributed by atoms with Crippen LogP contribution >= 0.6 is 23.2 Å². The molecule has 0 saturated carbocycles. The summed E-state index contributed by atoms with van der Waals surface area (Å²) >= 11 is 11.2. The van der Waals surface area contributed by atoms with Gasteiger partial charge in [-0.05, 0) is 11.6 Å². The van der Waals surface area contributed by atoms with Crippen molar-refractivity contribution >= 4 is 40.6 Å². The third-order valence-electron chi connectivity index (χ3n) is 1.44. The number of halogens is 2. The van der Waals surface area contributed by atoms with Gasteiger partial charge in [-0.2, -0.15) is 0 Å². The van der Waals surface area contributed by atoms with Gasteiger partial charge in [0, 0.05) is 6.07 Å². The number of carbonyl (C=O) groups excluding carboxylic acids is 1. The normalized spacial score (nSPS) is 10.6. The number of fused-ring (bicyclic) bond motifs is 1. The van der Waals surface area contributed by atoms with Gasteiger partial charge < -0.3 is 4.42 Å². The van der Waals surface area contributed by atoms with E-state index >= 15 is 0 Å². The summed E-state index contributed by atoms with van der Waals surface area (Å²) in [6, 6.07) is 1.45. The fourth-order valence-corrected chi connectivity index (χ4v) is 1.38. The molecule has 0 fully saturated rings. The van der Waals surface area contributed by atoms with Gasteiger partial charge in [-0.3, -0.25) is 4.79 Å². The van der Waals surface area contributed by atoms with Crippen LogP contribution in [-0.4, -0.2) is 16.3 Å². The molecule has 0 aliphatic carbocycles. The van der Waals surface area contributed by atoms with Gasteiger partial charge in [-0.1, -0.05) is 11.6 Å². The summed E-state index contributed by atoms with van der Waals surface area (Å²) in [6.45, 7) is 0. The number of nitrogens with zero attached hydrogens (tertiary/aromatic N) is 2. The van der Waals surface area contributed by atoms with Crippen LogP contribution in [0, 0.1) is 0 Å². The molecule has 2 aromatic rings. The quantitative estimate of drug-likeness (QED) is 0.417. The molecule has 0 atom stereocenters. The fraction of sp³-hybridized carbons (Fsp3) is 0. The Morgan fingerprint density at radius 2 is 2.15 bits per heavy atom. The van der Waals surface area contributed by atoms with Gasteiger partial charge in [0.2, 0.25) is 5.28 Å². The maximum atomic E-state index is 10.4. The summed E-state index contributed by atoms with van der Waals surface area (Å²) < 4.78 is 5.02. The van der Waals surface area contributed by atoms with Crippen molar-refractivity contribution in [1.29, 1.82) is 0 Å². The summed E-state index contributed by atoms with van der Waals surface area (Å²) in [6.07, 6.45) is 0.561. The number of carbonyl (C=O) groups is 1. The third kappa shape index (κ3) is 1.38. The Morgan fingerprint density at radius 1 is 1.38 bits per heavy atom. The molecule has 0 spiro atoms. The largest absolute Gasteiger partial charge is 0.448 e. The average Bonchev–Trinajstić information content (AvgIpc) is 2.47. The van der Waals surface area contributed by atoms with E-state index in [0.717, 1.165) is 0 Å². The fourth-order valence-electron chi connectivity index (χ4n) is 0.945. The maximum absolute atomic E-state index is 10.4. The second kappa shape index (κ2) is 2.97. The van der Waals surface area contributed by atoms with Gasteiger partial charge in [0.05, 0.1) is 0 Å². The second-order valence-electron chi connectivity index (χ2n) is 2.26. The molecule has 0 radical (unpaired) electrons. The maximum Gasteiger partial charge on any atom is 0.224 e. The molecule has 0 saturated heterocycles. The summed E-state index contributed by atoms with van der Waals surface area (Å²) in [7, 11) is 0. The van der Waals surface area contributed by atoms with Crippen molar-refractivity contribution in [3.05, 3.63) is 22.3 Å². The minimum Gasteiger partial charge on any atom is -0.448 e. The van der Waals surface area contributed by atoms with Crippen molar-refractivity contribution in [2.24, 2.45) is 0 Å². The van der Waals surface area contributed by atoms with E-state index in [4.69, 9.17) is 27.6 Å². The minimum atomic E-state index is 0.0238. The standard InChI is InChI=1S/C7H2Cl2N2O2/c8-6-5-4(10-7(9)11-6)1-3(2-12)13-5/h1-2H. The highest BCUT2D eigenvalue weighted by molar-refractivity contribution is 6.35. The van der Waals surface area contributed by atoms with Crippen LogP contribution < -0.4 is 0 Å². The van der Waals surface area contributed by atoms with Gasteiger partial charge in [0.1, 0.15) is 5.52 Å². The van der Waals surface area contributed by atoms with Gasteiger partial charge in [-0.25, -0.2) is 9.97 Å². The van der Waals surface area contributed by atoms with Gasteiger partial charge in [0.25, 0.3) is 0 Å². The van der Waals surface area contributed by atoms with Crippen LogP contribution in [-0.2, 0) is 0 Å². The molecule has 4 nitrogen and oxygen atoms in total. The topological polar surface area (TPSA) is 56.0 Å². The highest BCUT2D eigenvalue weighted by atomic mass is 35.5. The number of rotatable bonds is 1. The molecule has 6 heteroatoms. The molecule has 0 aliphatic rings. The molecule has 2 heterocycles. The predicted octanol–water partition coefficient (Wildman–Crippen LogP) is 2.34. The van der Waals surface area contributed by atoms with Crippen LogP contribution in [0.5, 0.6) is 0 Å². The van der Waals surface area contributed by atoms with Crippen LogP contribution in [0.2, 0.25) is 10.4 Å². The molecule has 2 aromatic heterocycles. The summed E-state index contributed by atoms with van der Waals surface area (Å²) in [4.78, 5) is 17.8. The SMILES string of the molecule is O=Cc1cc2nc(Cl)nc(Cl)c2o1. The van der Waals surface area contributed by atoms with Crippen LogP contribution in [0.1, 0.15) is 10.6 Å². The van der Waals surface area contributed by atoms with Gasteiger partial charge in [-0.15, -0.1) is 0 Å². The molecule has 13 heavy (non-hydrogen) atoms. The van der Waals surface area contributed by atoms with E-state index in [-0.39, 0.29) is 21.8 Å². The molecule has 0 amide bonds. The Bertz CT molecular complexity index is 481. The van der Waals surface area contributed by atoms with Crippen LogP contribution in [0.15, 0.2) is 10.5 Å². The molecule has 2 rings (SSSR count). The zero-order chi connectivity index (χ0) is 9.42. The second-order valence-corrected chi connectivity index (χ2v) is 2.96. The van der Waals surface area contributed by atoms with Crippen molar-refractivity contribution in [3.8, 4) is 0 Å². The highest BCUT2D eigenvalue weighted by Gasteiger charge is 2.10. The van der Waals surface area contributed by atoms with E-state index in [0.29, 0.717) is 11.8 Å². The van der Waals surface area contributed by atoms with Gasteiger partial charge >= 0.3 is 0 Å². The van der Waals surface area contributed by atoms with E-state index in [1.54, 1.807) is 0 Å². The first-order valence-electron chi connectivity index (χ1n) is 3.28. The molecule has 0 N–H and O–H groups in total. The first-order valence-corrected chi connectivity index (χ1v) is 4.04.